The third-order valence-corrected chi connectivity index (χ3v) is 5.61. The molecule has 0 fully saturated rings. The van der Waals surface area contributed by atoms with Crippen molar-refractivity contribution in [2.45, 2.75) is 25.4 Å². The molecule has 0 radical (unpaired) electrons. The third-order valence-electron chi connectivity index (χ3n) is 4.72. The van der Waals surface area contributed by atoms with Crippen LogP contribution in [-0.2, 0) is 6.54 Å². The molecule has 1 atom stereocenters. The molecule has 3 aromatic heterocycles. The molecular weight excluding hydrogens is 356 g/mol. The van der Waals surface area contributed by atoms with Crippen molar-refractivity contribution in [1.82, 2.24) is 24.7 Å². The summed E-state index contributed by atoms with van der Waals surface area (Å²) >= 11 is 1.63. The van der Waals surface area contributed by atoms with Crippen molar-refractivity contribution in [3.05, 3.63) is 65.9 Å². The van der Waals surface area contributed by atoms with Crippen LogP contribution in [0.25, 0.3) is 22.0 Å². The van der Waals surface area contributed by atoms with Crippen LogP contribution in [0, 0.1) is 0 Å². The highest BCUT2D eigenvalue weighted by atomic mass is 32.1. The van der Waals surface area contributed by atoms with Crippen molar-refractivity contribution >= 4 is 17.3 Å². The highest BCUT2D eigenvalue weighted by molar-refractivity contribution is 7.13. The smallest absolute Gasteiger partial charge is 0.223 e. The molecule has 0 bridgehead atoms. The van der Waals surface area contributed by atoms with Gasteiger partial charge in [-0.15, -0.1) is 11.3 Å². The van der Waals surface area contributed by atoms with Gasteiger partial charge in [0.25, 0.3) is 0 Å². The summed E-state index contributed by atoms with van der Waals surface area (Å²) in [6, 6.07) is 14.4. The molecule has 0 saturated carbocycles. The molecule has 134 valence electrons. The zero-order chi connectivity index (χ0) is 18.1. The summed E-state index contributed by atoms with van der Waals surface area (Å²) in [7, 11) is 0. The summed E-state index contributed by atoms with van der Waals surface area (Å²) in [5, 5.41) is 10.9. The number of benzene rings is 1. The van der Waals surface area contributed by atoms with Crippen LogP contribution in [0.4, 0.5) is 5.95 Å². The fourth-order valence-electron chi connectivity index (χ4n) is 3.40. The van der Waals surface area contributed by atoms with E-state index >= 15 is 0 Å². The molecule has 1 aromatic carbocycles. The van der Waals surface area contributed by atoms with Crippen molar-refractivity contribution in [3.63, 3.8) is 0 Å². The van der Waals surface area contributed by atoms with E-state index in [1.54, 1.807) is 17.5 Å². The SMILES string of the molecule is c1ccc(-c2nc(-c3ccnc(NC4CCCn5nccc54)n3)cs2)cc1. The molecule has 0 spiro atoms. The van der Waals surface area contributed by atoms with E-state index in [1.165, 1.54) is 5.69 Å². The second-order valence-electron chi connectivity index (χ2n) is 6.49. The highest BCUT2D eigenvalue weighted by Gasteiger charge is 2.21. The number of rotatable bonds is 4. The first-order valence-electron chi connectivity index (χ1n) is 8.99. The summed E-state index contributed by atoms with van der Waals surface area (Å²) in [6.45, 7) is 0.975. The van der Waals surface area contributed by atoms with Crippen LogP contribution in [0.2, 0.25) is 0 Å². The van der Waals surface area contributed by atoms with Crippen molar-refractivity contribution in [1.29, 1.82) is 0 Å². The average Bonchev–Trinajstić information content (AvgIpc) is 3.39. The first-order valence-corrected chi connectivity index (χ1v) is 9.87. The van der Waals surface area contributed by atoms with Gasteiger partial charge in [-0.3, -0.25) is 4.68 Å². The fourth-order valence-corrected chi connectivity index (χ4v) is 4.22. The Kier molecular flexibility index (Phi) is 4.14. The maximum Gasteiger partial charge on any atom is 0.223 e. The minimum atomic E-state index is 0.187. The summed E-state index contributed by atoms with van der Waals surface area (Å²) in [5.41, 5.74) is 4.01. The van der Waals surface area contributed by atoms with Gasteiger partial charge >= 0.3 is 0 Å². The molecule has 1 unspecified atom stereocenters. The van der Waals surface area contributed by atoms with Crippen molar-refractivity contribution < 1.29 is 0 Å². The van der Waals surface area contributed by atoms with Gasteiger partial charge in [-0.2, -0.15) is 5.10 Å². The zero-order valence-corrected chi connectivity index (χ0v) is 15.4. The van der Waals surface area contributed by atoms with Gasteiger partial charge in [0.15, 0.2) is 0 Å². The van der Waals surface area contributed by atoms with Gasteiger partial charge in [-0.05, 0) is 25.0 Å². The van der Waals surface area contributed by atoms with E-state index in [0.717, 1.165) is 41.3 Å². The number of nitrogens with zero attached hydrogens (tertiary/aromatic N) is 5. The van der Waals surface area contributed by atoms with Crippen LogP contribution in [-0.4, -0.2) is 24.7 Å². The van der Waals surface area contributed by atoms with Crippen LogP contribution in [0.3, 0.4) is 0 Å². The first kappa shape index (κ1) is 16.1. The number of aromatic nitrogens is 5. The number of nitrogens with one attached hydrogen (secondary N) is 1. The van der Waals surface area contributed by atoms with E-state index in [1.807, 2.05) is 35.8 Å². The highest BCUT2D eigenvalue weighted by Crippen LogP contribution is 2.30. The Morgan fingerprint density at radius 3 is 2.85 bits per heavy atom. The molecular formula is C20H18N6S. The van der Waals surface area contributed by atoms with Crippen LogP contribution >= 0.6 is 11.3 Å². The molecule has 27 heavy (non-hydrogen) atoms. The number of thiazole rings is 1. The third kappa shape index (κ3) is 3.21. The van der Waals surface area contributed by atoms with Gasteiger partial charge < -0.3 is 5.32 Å². The average molecular weight is 374 g/mol. The van der Waals surface area contributed by atoms with Crippen LogP contribution in [0.15, 0.2) is 60.2 Å². The standard InChI is InChI=1S/C20H18N6S/c1-2-5-14(6-3-1)19-23-17(13-27-19)15-8-10-21-20(24-15)25-16-7-4-12-26-18(16)9-11-22-26/h1-3,5-6,8-11,13,16H,4,7,12H2,(H,21,24,25). The predicted octanol–water partition coefficient (Wildman–Crippen LogP) is 4.41. The lowest BCUT2D eigenvalue weighted by Crippen LogP contribution is -2.22. The van der Waals surface area contributed by atoms with Crippen LogP contribution < -0.4 is 5.32 Å². The lowest BCUT2D eigenvalue weighted by molar-refractivity contribution is 0.444. The lowest BCUT2D eigenvalue weighted by atomic mass is 10.0. The molecule has 4 heterocycles. The van der Waals surface area contributed by atoms with Gasteiger partial charge in [-0.1, -0.05) is 30.3 Å². The fraction of sp³-hybridized carbons (Fsp3) is 0.200. The molecule has 5 rings (SSSR count). The Morgan fingerprint density at radius 2 is 1.93 bits per heavy atom. The van der Waals surface area contributed by atoms with Gasteiger partial charge in [-0.25, -0.2) is 15.0 Å². The quantitative estimate of drug-likeness (QED) is 0.573. The number of aryl methyl sites for hydroxylation is 1. The molecule has 4 aromatic rings. The van der Waals surface area contributed by atoms with Gasteiger partial charge in [0.05, 0.1) is 17.4 Å². The van der Waals surface area contributed by atoms with E-state index in [2.05, 4.69) is 38.3 Å². The van der Waals surface area contributed by atoms with Gasteiger partial charge in [0.1, 0.15) is 10.7 Å². The minimum Gasteiger partial charge on any atom is -0.346 e. The van der Waals surface area contributed by atoms with Gasteiger partial charge in [0, 0.05) is 29.9 Å². The summed E-state index contributed by atoms with van der Waals surface area (Å²) < 4.78 is 2.05. The minimum absolute atomic E-state index is 0.187. The molecule has 0 amide bonds. The van der Waals surface area contributed by atoms with Crippen molar-refractivity contribution in [2.24, 2.45) is 0 Å². The monoisotopic (exact) mass is 374 g/mol. The van der Waals surface area contributed by atoms with Crippen LogP contribution in [0.1, 0.15) is 24.6 Å². The number of anilines is 1. The summed E-state index contributed by atoms with van der Waals surface area (Å²) in [6.07, 6.45) is 5.78. The second kappa shape index (κ2) is 6.92. The summed E-state index contributed by atoms with van der Waals surface area (Å²) in [5.74, 6) is 0.626. The van der Waals surface area contributed by atoms with E-state index in [9.17, 15) is 0 Å². The molecule has 1 aliphatic heterocycles. The number of fused-ring (bicyclic) bond motifs is 1. The van der Waals surface area contributed by atoms with Crippen molar-refractivity contribution in [3.8, 4) is 22.0 Å². The number of hydrogen-bond donors (Lipinski definition) is 1. The molecule has 0 saturated heterocycles. The van der Waals surface area contributed by atoms with E-state index in [-0.39, 0.29) is 6.04 Å². The molecule has 7 heteroatoms. The molecule has 1 N–H and O–H groups in total. The van der Waals surface area contributed by atoms with Crippen LogP contribution in [0.5, 0.6) is 0 Å². The molecule has 6 nitrogen and oxygen atoms in total. The van der Waals surface area contributed by atoms with Crippen molar-refractivity contribution in [2.75, 3.05) is 5.32 Å². The Bertz CT molecular complexity index is 1060. The van der Waals surface area contributed by atoms with E-state index < -0.39 is 0 Å². The first-order chi connectivity index (χ1) is 13.4. The predicted molar refractivity (Wildman–Crippen MR) is 106 cm³/mol. The summed E-state index contributed by atoms with van der Waals surface area (Å²) in [4.78, 5) is 13.9. The molecule has 0 aliphatic carbocycles. The second-order valence-corrected chi connectivity index (χ2v) is 7.35. The Labute approximate surface area is 161 Å². The molecule has 1 aliphatic rings. The largest absolute Gasteiger partial charge is 0.346 e. The van der Waals surface area contributed by atoms with E-state index in [4.69, 9.17) is 9.97 Å². The maximum absolute atomic E-state index is 4.75. The Morgan fingerprint density at radius 1 is 1.00 bits per heavy atom. The normalized spacial score (nSPS) is 16.1. The Balaban J connectivity index is 1.40. The zero-order valence-electron chi connectivity index (χ0n) is 14.6. The number of hydrogen-bond acceptors (Lipinski definition) is 6. The topological polar surface area (TPSA) is 68.5 Å². The maximum atomic E-state index is 4.75. The van der Waals surface area contributed by atoms with E-state index in [0.29, 0.717) is 5.95 Å². The van der Waals surface area contributed by atoms with Gasteiger partial charge in [0.2, 0.25) is 5.95 Å². The Hall–Kier alpha value is -3.06. The lowest BCUT2D eigenvalue weighted by Gasteiger charge is -2.24.